The first-order valence-corrected chi connectivity index (χ1v) is 9.52. The fourth-order valence-electron chi connectivity index (χ4n) is 2.87. The van der Waals surface area contributed by atoms with E-state index in [0.717, 1.165) is 25.1 Å². The van der Waals surface area contributed by atoms with Gasteiger partial charge in [-0.15, -0.1) is 0 Å². The minimum absolute atomic E-state index is 0.0382. The zero-order chi connectivity index (χ0) is 19.8. The van der Waals surface area contributed by atoms with Crippen LogP contribution in [0.25, 0.3) is 0 Å². The topological polar surface area (TPSA) is 30.5 Å². The van der Waals surface area contributed by atoms with E-state index in [-0.39, 0.29) is 12.4 Å². The molecule has 0 spiro atoms. The third-order valence-corrected chi connectivity index (χ3v) is 4.78. The van der Waals surface area contributed by atoms with Crippen LogP contribution in [0.15, 0.2) is 66.7 Å². The van der Waals surface area contributed by atoms with Crippen molar-refractivity contribution in [2.24, 2.45) is 0 Å². The Balaban J connectivity index is 1.56. The maximum absolute atomic E-state index is 13.9. The Labute approximate surface area is 170 Å². The van der Waals surface area contributed by atoms with Crippen molar-refractivity contribution in [3.05, 3.63) is 94.3 Å². The van der Waals surface area contributed by atoms with Gasteiger partial charge in [0.15, 0.2) is 11.5 Å². The summed E-state index contributed by atoms with van der Waals surface area (Å²) in [6.45, 7) is 1.65. The van der Waals surface area contributed by atoms with E-state index in [9.17, 15) is 4.39 Å². The molecule has 146 valence electrons. The van der Waals surface area contributed by atoms with Crippen LogP contribution in [-0.4, -0.2) is 13.7 Å². The van der Waals surface area contributed by atoms with Gasteiger partial charge in [0.05, 0.1) is 12.1 Å². The van der Waals surface area contributed by atoms with Gasteiger partial charge >= 0.3 is 0 Å². The Morgan fingerprint density at radius 1 is 0.929 bits per heavy atom. The van der Waals surface area contributed by atoms with Crippen LogP contribution in [0.2, 0.25) is 5.02 Å². The van der Waals surface area contributed by atoms with Crippen LogP contribution in [0.5, 0.6) is 11.5 Å². The second kappa shape index (κ2) is 10.1. The summed E-state index contributed by atoms with van der Waals surface area (Å²) in [5.41, 5.74) is 2.72. The number of benzene rings is 3. The lowest BCUT2D eigenvalue weighted by atomic mass is 10.1. The molecule has 0 aliphatic rings. The Hall–Kier alpha value is -2.56. The fourth-order valence-corrected chi connectivity index (χ4v) is 3.09. The average molecular weight is 400 g/mol. The third kappa shape index (κ3) is 5.47. The molecule has 3 aromatic rings. The van der Waals surface area contributed by atoms with Crippen LogP contribution in [0.4, 0.5) is 4.39 Å². The molecule has 0 fully saturated rings. The van der Waals surface area contributed by atoms with Gasteiger partial charge in [0.1, 0.15) is 12.4 Å². The normalized spacial score (nSPS) is 10.7. The zero-order valence-corrected chi connectivity index (χ0v) is 16.5. The van der Waals surface area contributed by atoms with E-state index in [1.54, 1.807) is 19.2 Å². The lowest BCUT2D eigenvalue weighted by Gasteiger charge is -2.14. The molecular formula is C23H23ClFNO2. The molecule has 0 bridgehead atoms. The molecule has 0 radical (unpaired) electrons. The summed E-state index contributed by atoms with van der Waals surface area (Å²) in [5, 5.41) is 3.78. The van der Waals surface area contributed by atoms with Gasteiger partial charge in [0, 0.05) is 12.1 Å². The molecule has 5 heteroatoms. The molecule has 0 aromatic heterocycles. The monoisotopic (exact) mass is 399 g/mol. The summed E-state index contributed by atoms with van der Waals surface area (Å²) in [5.74, 6) is 0.773. The molecule has 0 heterocycles. The SMILES string of the molecule is COc1cc(CNCCc2ccccc2)ccc1OCc1c(F)cccc1Cl. The number of nitrogens with one attached hydrogen (secondary N) is 1. The summed E-state index contributed by atoms with van der Waals surface area (Å²) in [7, 11) is 1.59. The van der Waals surface area contributed by atoms with Gasteiger partial charge in [-0.2, -0.15) is 0 Å². The van der Waals surface area contributed by atoms with Crippen molar-refractivity contribution < 1.29 is 13.9 Å². The van der Waals surface area contributed by atoms with E-state index < -0.39 is 0 Å². The van der Waals surface area contributed by atoms with Gasteiger partial charge < -0.3 is 14.8 Å². The van der Waals surface area contributed by atoms with Crippen molar-refractivity contribution in [2.75, 3.05) is 13.7 Å². The van der Waals surface area contributed by atoms with Gasteiger partial charge in [-0.05, 0) is 48.4 Å². The first-order chi connectivity index (χ1) is 13.7. The molecule has 28 heavy (non-hydrogen) atoms. The minimum atomic E-state index is -0.384. The summed E-state index contributed by atoms with van der Waals surface area (Å²) < 4.78 is 25.1. The molecule has 0 atom stereocenters. The van der Waals surface area contributed by atoms with E-state index in [1.165, 1.54) is 11.6 Å². The molecule has 0 amide bonds. The van der Waals surface area contributed by atoms with Crippen LogP contribution in [0, 0.1) is 5.82 Å². The highest BCUT2D eigenvalue weighted by Gasteiger charge is 2.11. The lowest BCUT2D eigenvalue weighted by molar-refractivity contribution is 0.279. The Morgan fingerprint density at radius 2 is 1.75 bits per heavy atom. The molecule has 3 aromatic carbocycles. The van der Waals surface area contributed by atoms with Crippen LogP contribution >= 0.6 is 11.6 Å². The van der Waals surface area contributed by atoms with Crippen LogP contribution in [0.3, 0.4) is 0 Å². The van der Waals surface area contributed by atoms with Gasteiger partial charge in [0.2, 0.25) is 0 Å². The molecule has 0 aliphatic carbocycles. The van der Waals surface area contributed by atoms with Gasteiger partial charge in [0.25, 0.3) is 0 Å². The highest BCUT2D eigenvalue weighted by atomic mass is 35.5. The van der Waals surface area contributed by atoms with E-state index in [2.05, 4.69) is 17.4 Å². The summed E-state index contributed by atoms with van der Waals surface area (Å²) in [6.07, 6.45) is 0.975. The smallest absolute Gasteiger partial charge is 0.161 e. The molecular weight excluding hydrogens is 377 g/mol. The Kier molecular flexibility index (Phi) is 7.29. The molecule has 1 N–H and O–H groups in total. The zero-order valence-electron chi connectivity index (χ0n) is 15.8. The van der Waals surface area contributed by atoms with Crippen LogP contribution in [-0.2, 0) is 19.6 Å². The number of ether oxygens (including phenoxy) is 2. The number of hydrogen-bond acceptors (Lipinski definition) is 3. The summed E-state index contributed by atoms with van der Waals surface area (Å²) in [4.78, 5) is 0. The lowest BCUT2D eigenvalue weighted by Crippen LogP contribution is -2.16. The number of methoxy groups -OCH3 is 1. The first-order valence-electron chi connectivity index (χ1n) is 9.14. The van der Waals surface area contributed by atoms with E-state index in [0.29, 0.717) is 22.1 Å². The maximum atomic E-state index is 13.9. The van der Waals surface area contributed by atoms with Crippen molar-refractivity contribution in [1.82, 2.24) is 5.32 Å². The van der Waals surface area contributed by atoms with Crippen molar-refractivity contribution in [2.45, 2.75) is 19.6 Å². The fraction of sp³-hybridized carbons (Fsp3) is 0.217. The molecule has 0 aliphatic heterocycles. The predicted molar refractivity (Wildman–Crippen MR) is 111 cm³/mol. The van der Waals surface area contributed by atoms with Crippen molar-refractivity contribution in [1.29, 1.82) is 0 Å². The second-order valence-electron chi connectivity index (χ2n) is 6.39. The van der Waals surface area contributed by atoms with Gasteiger partial charge in [-0.1, -0.05) is 54.1 Å². The largest absolute Gasteiger partial charge is 0.493 e. The number of halogens is 2. The molecule has 0 saturated heterocycles. The van der Waals surface area contributed by atoms with Gasteiger partial charge in [-0.25, -0.2) is 4.39 Å². The Bertz CT molecular complexity index is 882. The first kappa shape index (κ1) is 20.2. The van der Waals surface area contributed by atoms with E-state index in [1.807, 2.05) is 36.4 Å². The molecule has 0 saturated carbocycles. The highest BCUT2D eigenvalue weighted by Crippen LogP contribution is 2.30. The molecule has 0 unspecified atom stereocenters. The Morgan fingerprint density at radius 3 is 2.50 bits per heavy atom. The van der Waals surface area contributed by atoms with Crippen molar-refractivity contribution in [3.63, 3.8) is 0 Å². The number of rotatable bonds is 9. The molecule has 3 nitrogen and oxygen atoms in total. The van der Waals surface area contributed by atoms with Crippen molar-refractivity contribution >= 4 is 11.6 Å². The van der Waals surface area contributed by atoms with E-state index >= 15 is 0 Å². The second-order valence-corrected chi connectivity index (χ2v) is 6.79. The maximum Gasteiger partial charge on any atom is 0.161 e. The van der Waals surface area contributed by atoms with Crippen LogP contribution < -0.4 is 14.8 Å². The summed E-state index contributed by atoms with van der Waals surface area (Å²) in [6, 6.07) is 20.7. The summed E-state index contributed by atoms with van der Waals surface area (Å²) >= 11 is 6.05. The minimum Gasteiger partial charge on any atom is -0.493 e. The van der Waals surface area contributed by atoms with Crippen molar-refractivity contribution in [3.8, 4) is 11.5 Å². The highest BCUT2D eigenvalue weighted by molar-refractivity contribution is 6.31. The standard InChI is InChI=1S/C23H23ClFNO2/c1-27-23-14-18(15-26-13-12-17-6-3-2-4-7-17)10-11-22(23)28-16-19-20(24)8-5-9-21(19)25/h2-11,14,26H,12-13,15-16H2,1H3. The van der Waals surface area contributed by atoms with Gasteiger partial charge in [-0.3, -0.25) is 0 Å². The predicted octanol–water partition coefficient (Wildman–Crippen LogP) is 5.40. The van der Waals surface area contributed by atoms with Crippen LogP contribution in [0.1, 0.15) is 16.7 Å². The molecule has 3 rings (SSSR count). The average Bonchev–Trinajstić information content (AvgIpc) is 2.72. The third-order valence-electron chi connectivity index (χ3n) is 4.42. The quantitative estimate of drug-likeness (QED) is 0.489. The van der Waals surface area contributed by atoms with E-state index in [4.69, 9.17) is 21.1 Å². The number of hydrogen-bond donors (Lipinski definition) is 1.